The summed E-state index contributed by atoms with van der Waals surface area (Å²) >= 11 is 8.08. The molecular formula is C90H94CuI2LiN14O8. The van der Waals surface area contributed by atoms with Crippen LogP contribution in [0.3, 0.4) is 0 Å². The number of hydrogen-bond donors (Lipinski definition) is 4. The van der Waals surface area contributed by atoms with Gasteiger partial charge in [0.15, 0.2) is 0 Å². The molecule has 0 fully saturated rings. The normalized spacial score (nSPS) is 10.7. The summed E-state index contributed by atoms with van der Waals surface area (Å²) in [6.45, 7) is 20.2. The van der Waals surface area contributed by atoms with Crippen molar-refractivity contribution >= 4 is 66.8 Å². The number of imidazole rings is 4. The van der Waals surface area contributed by atoms with Crippen LogP contribution in [-0.4, -0.2) is 107 Å². The average molecular weight is 1820 g/mol. The predicted molar refractivity (Wildman–Crippen MR) is 465 cm³/mol. The number of nitrogens with two attached hydrogens (primary N) is 1. The van der Waals surface area contributed by atoms with Gasteiger partial charge in [0.2, 0.25) is 0 Å². The van der Waals surface area contributed by atoms with Crippen molar-refractivity contribution < 1.29 is 70.9 Å². The Morgan fingerprint density at radius 3 is 1.13 bits per heavy atom. The molecule has 6 heterocycles. The first-order chi connectivity index (χ1) is 55.1. The maximum absolute atomic E-state index is 13.2. The van der Waals surface area contributed by atoms with Crippen LogP contribution in [0.5, 0.6) is 0 Å². The number of carboxylic acids is 1. The number of benzene rings is 8. The number of aromatic carboxylic acids is 1. The minimum Gasteiger partial charge on any atom is -0.870 e. The third-order valence-corrected chi connectivity index (χ3v) is 18.4. The maximum Gasteiger partial charge on any atom is 1.00 e. The Morgan fingerprint density at radius 2 is 0.810 bits per heavy atom. The minimum atomic E-state index is -0.932. The number of rotatable bonds is 18. The Bertz CT molecular complexity index is 5380. The number of amides is 1. The molecule has 14 rings (SSSR count). The Balaban J connectivity index is 0.000000225. The van der Waals surface area contributed by atoms with Crippen molar-refractivity contribution in [1.82, 2.24) is 63.9 Å². The second-order valence-electron chi connectivity index (χ2n) is 26.1. The van der Waals surface area contributed by atoms with Gasteiger partial charge in [-0.15, -0.1) is 0 Å². The summed E-state index contributed by atoms with van der Waals surface area (Å²) in [4.78, 5) is 84.6. The van der Waals surface area contributed by atoms with Crippen LogP contribution < -0.4 is 29.9 Å². The quantitative estimate of drug-likeness (QED) is 0.0352. The number of H-pyrrole nitrogens is 1. The zero-order valence-corrected chi connectivity index (χ0v) is 72.4. The maximum atomic E-state index is 13.2. The van der Waals surface area contributed by atoms with Crippen molar-refractivity contribution in [1.29, 1.82) is 0 Å². The summed E-state index contributed by atoms with van der Waals surface area (Å²) in [5.41, 5.74) is 24.5. The van der Waals surface area contributed by atoms with Gasteiger partial charge in [-0.2, -0.15) is 0 Å². The van der Waals surface area contributed by atoms with Crippen molar-refractivity contribution in [3.63, 3.8) is 0 Å². The van der Waals surface area contributed by atoms with E-state index in [0.29, 0.717) is 22.4 Å². The summed E-state index contributed by atoms with van der Waals surface area (Å²) in [6.07, 6.45) is 27.8. The number of nitrogens with one attached hydrogen (secondary N) is 2. The molecule has 1 amide bonds. The van der Waals surface area contributed by atoms with Crippen LogP contribution >= 0.6 is 42.9 Å². The van der Waals surface area contributed by atoms with E-state index in [1.807, 2.05) is 133 Å². The van der Waals surface area contributed by atoms with E-state index in [4.69, 9.17) is 15.2 Å². The van der Waals surface area contributed by atoms with Gasteiger partial charge in [0.1, 0.15) is 23.3 Å². The second kappa shape index (κ2) is 47.9. The van der Waals surface area contributed by atoms with E-state index in [1.165, 1.54) is 36.5 Å². The third-order valence-electron chi connectivity index (χ3n) is 17.8. The molecule has 0 spiro atoms. The number of aryl methyl sites for hydroxylation is 8. The number of nitrogens with zero attached hydrogens (tertiary/aromatic N) is 11. The molecule has 0 aliphatic rings. The molecule has 598 valence electrons. The summed E-state index contributed by atoms with van der Waals surface area (Å²) in [5.74, 6) is 2.12. The zero-order chi connectivity index (χ0) is 82.2. The largest absolute Gasteiger partial charge is 1.00 e. The van der Waals surface area contributed by atoms with Gasteiger partial charge in [0, 0.05) is 138 Å². The molecule has 2 atom stereocenters. The zero-order valence-electron chi connectivity index (χ0n) is 67.1. The van der Waals surface area contributed by atoms with Gasteiger partial charge < -0.3 is 49.8 Å². The SMILES string of the molecule is CC(N)c1cnccn1.CCc1ncc[nH]1.CCc1nccn1-c1cc(C(=O)NC(C)c2cnccn2)cc(-c2ccc(C)cc2)c1.CCc1nccn1-c1cc(C(=O)O)cc(-c2ccc(C)cc2)c1.CCc1nccn1-c1cc(C(=O)OC)cc(-c2ccc(C)cc2)c1.COC(=O)c1cc(I)cc(-c2ccc(C)cc2)c1.[Cu][I].[Li+].[OH-]. The first-order valence-electron chi connectivity index (χ1n) is 36.8. The van der Waals surface area contributed by atoms with E-state index < -0.39 is 5.97 Å². The summed E-state index contributed by atoms with van der Waals surface area (Å²) in [7, 11) is 2.79. The van der Waals surface area contributed by atoms with E-state index >= 15 is 0 Å². The molecule has 26 heteroatoms. The third kappa shape index (κ3) is 27.4. The fourth-order valence-electron chi connectivity index (χ4n) is 11.6. The standard InChI is InChI=1S/C25H25N5O.C20H20N2O2.C19H18N2O2.C15H13IO2.C6H9N3.C5H8N2.Cu.HI.Li.H2O/c1-4-24-28-11-12-30(24)22-14-20(19-7-5-17(2)6-8-19)13-21(15-22)25(31)29-18(3)23-16-26-9-10-27-23;1-4-19-21-9-10-22(19)18-12-16(11-17(13-18)20(23)24-3)15-7-5-14(2)6-8-15;1-3-18-20-8-9-21(18)17-11-15(10-16(12-17)19(22)23)14-6-4-13(2)5-7-14;1-10-3-5-11(6-4-10)12-7-13(15(17)18-2)9-14(16)8-12;1-5(7)6-4-8-2-3-9-6;1-2-5-6-3-4-7-5;;;;/h5-16,18H,4H2,1-3H3,(H,29,31);5-13H,4H2,1-3H3;4-12H,3H2,1-2H3,(H,22,23);3-9H,1-2H3;2-5H,7H2,1H3;3-4H,2H2,1H3,(H,6,7);;1H;;1H2/q;;;;;;+1;;+1;/p-2. The topological polar surface area (TPSA) is 309 Å². The van der Waals surface area contributed by atoms with E-state index in [9.17, 15) is 24.3 Å². The van der Waals surface area contributed by atoms with Crippen LogP contribution in [0, 0.1) is 31.3 Å². The van der Waals surface area contributed by atoms with Crippen molar-refractivity contribution in [2.24, 2.45) is 5.73 Å². The Hall–Kier alpha value is -10.9. The molecule has 116 heavy (non-hydrogen) atoms. The second-order valence-corrected chi connectivity index (χ2v) is 27.4. The van der Waals surface area contributed by atoms with Gasteiger partial charge in [-0.3, -0.25) is 24.7 Å². The van der Waals surface area contributed by atoms with E-state index in [-0.39, 0.29) is 59.8 Å². The predicted octanol–water partition coefficient (Wildman–Crippen LogP) is 16.2. The van der Waals surface area contributed by atoms with Crippen molar-refractivity contribution in [2.45, 2.75) is 107 Å². The summed E-state index contributed by atoms with van der Waals surface area (Å²) in [5, 5.41) is 12.5. The van der Waals surface area contributed by atoms with Crippen LogP contribution in [0.25, 0.3) is 61.6 Å². The molecular weight excluding hydrogens is 1730 g/mol. The minimum absolute atomic E-state index is 0. The van der Waals surface area contributed by atoms with Gasteiger partial charge in [-0.05, 0) is 181 Å². The number of carbonyl (C=O) groups is 4. The molecule has 6 N–H and O–H groups in total. The molecule has 2 unspecified atom stereocenters. The van der Waals surface area contributed by atoms with E-state index in [0.717, 1.165) is 120 Å². The average Bonchev–Trinajstić information content (AvgIpc) is 1.48. The van der Waals surface area contributed by atoms with E-state index in [2.05, 4.69) is 218 Å². The Kier molecular flexibility index (Phi) is 38.8. The fraction of sp³-hybridized carbons (Fsp3) is 0.200. The van der Waals surface area contributed by atoms with Crippen molar-refractivity contribution in [3.8, 4) is 61.6 Å². The number of carboxylic acid groups (broad SMARTS) is 1. The number of aromatic amines is 1. The molecule has 0 aliphatic carbocycles. The molecule has 22 nitrogen and oxygen atoms in total. The number of aromatic nitrogens is 12. The molecule has 0 saturated carbocycles. The first kappa shape index (κ1) is 94.0. The van der Waals surface area contributed by atoms with Gasteiger partial charge in [0.25, 0.3) is 5.91 Å². The summed E-state index contributed by atoms with van der Waals surface area (Å²) in [6, 6.07) is 55.4. The smallest absolute Gasteiger partial charge is 0.870 e. The van der Waals surface area contributed by atoms with Crippen LogP contribution in [0.15, 0.2) is 257 Å². The number of halogens is 2. The number of hydrogen-bond acceptors (Lipinski definition) is 16. The molecule has 0 aliphatic heterocycles. The van der Waals surface area contributed by atoms with Gasteiger partial charge in [-0.25, -0.2) is 34.3 Å². The van der Waals surface area contributed by atoms with E-state index in [1.54, 1.807) is 94.4 Å². The molecule has 0 bridgehead atoms. The first-order valence-corrected chi connectivity index (χ1v) is 40.9. The number of ether oxygens (including phenoxy) is 2. The van der Waals surface area contributed by atoms with Crippen LogP contribution in [-0.2, 0) is 47.9 Å². The summed E-state index contributed by atoms with van der Waals surface area (Å²) < 4.78 is 16.7. The Labute approximate surface area is 723 Å². The van der Waals surface area contributed by atoms with Crippen LogP contribution in [0.1, 0.15) is 152 Å². The fourth-order valence-corrected chi connectivity index (χ4v) is 12.3. The van der Waals surface area contributed by atoms with Crippen molar-refractivity contribution in [2.75, 3.05) is 14.2 Å². The molecule has 0 saturated heterocycles. The number of carbonyl (C=O) groups excluding carboxylic acids is 3. The van der Waals surface area contributed by atoms with Gasteiger partial charge in [-0.1, -0.05) is 147 Å². The molecule has 8 aromatic carbocycles. The van der Waals surface area contributed by atoms with Gasteiger partial charge >= 0.3 is 69.9 Å². The van der Waals surface area contributed by atoms with Crippen LogP contribution in [0.4, 0.5) is 0 Å². The Morgan fingerprint density at radius 1 is 0.457 bits per heavy atom. The van der Waals surface area contributed by atoms with Crippen LogP contribution in [0.2, 0.25) is 0 Å². The number of methoxy groups -OCH3 is 2. The molecule has 0 radical (unpaired) electrons. The van der Waals surface area contributed by atoms with Crippen molar-refractivity contribution in [3.05, 3.63) is 339 Å². The molecule has 14 aromatic rings. The number of esters is 2. The van der Waals surface area contributed by atoms with Gasteiger partial charge in [0.05, 0.1) is 54.5 Å². The molecule has 6 aromatic heterocycles. The monoisotopic (exact) mass is 1820 g/mol.